The van der Waals surface area contributed by atoms with Gasteiger partial charge in [0.2, 0.25) is 0 Å². The molecule has 0 saturated heterocycles. The Morgan fingerprint density at radius 1 is 0.783 bits per heavy atom. The van der Waals surface area contributed by atoms with Crippen molar-refractivity contribution in [3.8, 4) is 0 Å². The Morgan fingerprint density at radius 3 is 1.61 bits per heavy atom. The van der Waals surface area contributed by atoms with Crippen molar-refractivity contribution < 1.29 is 20.1 Å². The van der Waals surface area contributed by atoms with E-state index in [0.717, 1.165) is 13.1 Å². The van der Waals surface area contributed by atoms with Crippen LogP contribution in [-0.4, -0.2) is 84.8 Å². The molecular formula is C17H30N2O4. The lowest BCUT2D eigenvalue weighted by Gasteiger charge is -2.25. The first-order valence-corrected chi connectivity index (χ1v) is 8.08. The summed E-state index contributed by atoms with van der Waals surface area (Å²) in [5.74, 6) is 0. The third-order valence-electron chi connectivity index (χ3n) is 3.77. The molecule has 132 valence electrons. The van der Waals surface area contributed by atoms with E-state index in [0.29, 0.717) is 32.8 Å². The SMILES string of the molecule is COCCN(CCO)Cc1ccccc1CN(CCO)CCO. The van der Waals surface area contributed by atoms with E-state index in [9.17, 15) is 5.11 Å². The minimum Gasteiger partial charge on any atom is -0.395 e. The van der Waals surface area contributed by atoms with Crippen LogP contribution < -0.4 is 0 Å². The van der Waals surface area contributed by atoms with Gasteiger partial charge in [-0.05, 0) is 11.1 Å². The van der Waals surface area contributed by atoms with Crippen molar-refractivity contribution in [1.82, 2.24) is 9.80 Å². The van der Waals surface area contributed by atoms with E-state index in [1.54, 1.807) is 7.11 Å². The highest BCUT2D eigenvalue weighted by molar-refractivity contribution is 5.27. The summed E-state index contributed by atoms with van der Waals surface area (Å²) in [5.41, 5.74) is 2.37. The van der Waals surface area contributed by atoms with Gasteiger partial charge in [-0.2, -0.15) is 0 Å². The van der Waals surface area contributed by atoms with Crippen molar-refractivity contribution in [2.75, 3.05) is 59.7 Å². The monoisotopic (exact) mass is 326 g/mol. The average molecular weight is 326 g/mol. The van der Waals surface area contributed by atoms with Gasteiger partial charge in [0.05, 0.1) is 26.4 Å². The lowest BCUT2D eigenvalue weighted by molar-refractivity contribution is 0.126. The molecule has 0 aliphatic carbocycles. The van der Waals surface area contributed by atoms with Crippen LogP contribution in [0.25, 0.3) is 0 Å². The summed E-state index contributed by atoms with van der Waals surface area (Å²) in [6, 6.07) is 8.17. The molecule has 6 nitrogen and oxygen atoms in total. The molecule has 0 bridgehead atoms. The van der Waals surface area contributed by atoms with E-state index in [2.05, 4.69) is 17.0 Å². The molecule has 23 heavy (non-hydrogen) atoms. The maximum atomic E-state index is 9.22. The van der Waals surface area contributed by atoms with Gasteiger partial charge in [0.25, 0.3) is 0 Å². The Balaban J connectivity index is 2.77. The number of benzene rings is 1. The summed E-state index contributed by atoms with van der Waals surface area (Å²) < 4.78 is 5.13. The molecule has 0 fully saturated rings. The first-order valence-electron chi connectivity index (χ1n) is 8.08. The maximum Gasteiger partial charge on any atom is 0.0589 e. The van der Waals surface area contributed by atoms with Crippen molar-refractivity contribution >= 4 is 0 Å². The van der Waals surface area contributed by atoms with E-state index in [-0.39, 0.29) is 19.8 Å². The Morgan fingerprint density at radius 2 is 1.22 bits per heavy atom. The van der Waals surface area contributed by atoms with Crippen LogP contribution in [0.15, 0.2) is 24.3 Å². The minimum atomic E-state index is 0.0760. The van der Waals surface area contributed by atoms with Crippen LogP contribution >= 0.6 is 0 Å². The molecular weight excluding hydrogens is 296 g/mol. The molecule has 1 rings (SSSR count). The quantitative estimate of drug-likeness (QED) is 0.470. The van der Waals surface area contributed by atoms with Crippen LogP contribution in [0.1, 0.15) is 11.1 Å². The first kappa shape index (κ1) is 20.0. The van der Waals surface area contributed by atoms with E-state index < -0.39 is 0 Å². The number of rotatable bonds is 13. The number of hydrogen-bond acceptors (Lipinski definition) is 6. The van der Waals surface area contributed by atoms with Gasteiger partial charge in [0.15, 0.2) is 0 Å². The number of ether oxygens (including phenoxy) is 1. The molecule has 0 amide bonds. The Labute approximate surface area is 138 Å². The number of aliphatic hydroxyl groups is 3. The number of nitrogens with zero attached hydrogens (tertiary/aromatic N) is 2. The van der Waals surface area contributed by atoms with Crippen LogP contribution in [0.5, 0.6) is 0 Å². The molecule has 0 aliphatic heterocycles. The van der Waals surface area contributed by atoms with E-state index in [4.69, 9.17) is 14.9 Å². The van der Waals surface area contributed by atoms with Gasteiger partial charge in [0, 0.05) is 46.4 Å². The second-order valence-electron chi connectivity index (χ2n) is 5.48. The molecule has 0 spiro atoms. The Kier molecular flexibility index (Phi) is 10.8. The first-order chi connectivity index (χ1) is 11.2. The highest BCUT2D eigenvalue weighted by Gasteiger charge is 2.11. The smallest absolute Gasteiger partial charge is 0.0589 e. The zero-order valence-corrected chi connectivity index (χ0v) is 14.0. The van der Waals surface area contributed by atoms with E-state index in [1.165, 1.54) is 11.1 Å². The molecule has 6 heteroatoms. The highest BCUT2D eigenvalue weighted by Crippen LogP contribution is 2.14. The summed E-state index contributed by atoms with van der Waals surface area (Å²) in [5, 5.41) is 27.5. The topological polar surface area (TPSA) is 76.4 Å². The largest absolute Gasteiger partial charge is 0.395 e. The predicted octanol–water partition coefficient (Wildman–Crippen LogP) is -0.0861. The van der Waals surface area contributed by atoms with Crippen LogP contribution in [0.3, 0.4) is 0 Å². The molecule has 0 saturated carbocycles. The van der Waals surface area contributed by atoms with Gasteiger partial charge in [0.1, 0.15) is 0 Å². The molecule has 0 unspecified atom stereocenters. The highest BCUT2D eigenvalue weighted by atomic mass is 16.5. The fraction of sp³-hybridized carbons (Fsp3) is 0.647. The third-order valence-corrected chi connectivity index (χ3v) is 3.77. The Bertz CT molecular complexity index is 411. The molecule has 0 radical (unpaired) electrons. The lowest BCUT2D eigenvalue weighted by atomic mass is 10.1. The van der Waals surface area contributed by atoms with Crippen molar-refractivity contribution in [2.24, 2.45) is 0 Å². The standard InChI is InChI=1S/C17H30N2O4/c1-23-13-9-19(8-12-22)15-17-5-3-2-4-16(17)14-18(6-10-20)7-11-21/h2-5,20-22H,6-15H2,1H3. The van der Waals surface area contributed by atoms with Gasteiger partial charge in [-0.1, -0.05) is 24.3 Å². The summed E-state index contributed by atoms with van der Waals surface area (Å²) in [6.45, 7) is 4.78. The number of hydrogen-bond donors (Lipinski definition) is 3. The molecule has 1 aromatic carbocycles. The molecule has 0 aromatic heterocycles. The summed E-state index contributed by atoms with van der Waals surface area (Å²) >= 11 is 0. The normalized spacial score (nSPS) is 11.6. The second kappa shape index (κ2) is 12.4. The van der Waals surface area contributed by atoms with Crippen molar-refractivity contribution in [3.63, 3.8) is 0 Å². The number of methoxy groups -OCH3 is 1. The molecule has 3 N–H and O–H groups in total. The summed E-state index contributed by atoms with van der Waals surface area (Å²) in [7, 11) is 1.67. The minimum absolute atomic E-state index is 0.0760. The lowest BCUT2D eigenvalue weighted by Crippen LogP contribution is -2.32. The van der Waals surface area contributed by atoms with Gasteiger partial charge in [-0.25, -0.2) is 0 Å². The average Bonchev–Trinajstić information content (AvgIpc) is 2.55. The van der Waals surface area contributed by atoms with Crippen LogP contribution in [0.4, 0.5) is 0 Å². The zero-order valence-electron chi connectivity index (χ0n) is 14.0. The van der Waals surface area contributed by atoms with Gasteiger partial charge in [-0.15, -0.1) is 0 Å². The van der Waals surface area contributed by atoms with Gasteiger partial charge in [-0.3, -0.25) is 9.80 Å². The van der Waals surface area contributed by atoms with E-state index >= 15 is 0 Å². The van der Waals surface area contributed by atoms with Gasteiger partial charge >= 0.3 is 0 Å². The van der Waals surface area contributed by atoms with Crippen LogP contribution in [-0.2, 0) is 17.8 Å². The fourth-order valence-corrected chi connectivity index (χ4v) is 2.53. The maximum absolute atomic E-state index is 9.22. The number of aliphatic hydroxyl groups excluding tert-OH is 3. The molecule has 0 aliphatic rings. The zero-order chi connectivity index (χ0) is 16.9. The molecule has 1 aromatic rings. The summed E-state index contributed by atoms with van der Waals surface area (Å²) in [4.78, 5) is 4.19. The Hall–Kier alpha value is -1.02. The summed E-state index contributed by atoms with van der Waals surface area (Å²) in [6.07, 6.45) is 0. The van der Waals surface area contributed by atoms with Gasteiger partial charge < -0.3 is 20.1 Å². The second-order valence-corrected chi connectivity index (χ2v) is 5.48. The fourth-order valence-electron chi connectivity index (χ4n) is 2.53. The van der Waals surface area contributed by atoms with Crippen molar-refractivity contribution in [1.29, 1.82) is 0 Å². The molecule has 0 heterocycles. The molecule has 0 atom stereocenters. The van der Waals surface area contributed by atoms with E-state index in [1.807, 2.05) is 17.0 Å². The van der Waals surface area contributed by atoms with Crippen molar-refractivity contribution in [3.05, 3.63) is 35.4 Å². The van der Waals surface area contributed by atoms with Crippen LogP contribution in [0, 0.1) is 0 Å². The predicted molar refractivity (Wildman–Crippen MR) is 90.1 cm³/mol. The van der Waals surface area contributed by atoms with Crippen LogP contribution in [0.2, 0.25) is 0 Å². The van der Waals surface area contributed by atoms with Crippen molar-refractivity contribution in [2.45, 2.75) is 13.1 Å². The third kappa shape index (κ3) is 7.87.